The van der Waals surface area contributed by atoms with Crippen LogP contribution in [0.1, 0.15) is 33.1 Å². The molecule has 0 saturated heterocycles. The lowest BCUT2D eigenvalue weighted by molar-refractivity contribution is -0.154. The summed E-state index contributed by atoms with van der Waals surface area (Å²) in [5.74, 6) is -3.87. The fourth-order valence-corrected chi connectivity index (χ4v) is 1.13. The average Bonchev–Trinajstić information content (AvgIpc) is 2.11. The van der Waals surface area contributed by atoms with Crippen LogP contribution in [0.3, 0.4) is 0 Å². The highest BCUT2D eigenvalue weighted by Gasteiger charge is 2.24. The van der Waals surface area contributed by atoms with Crippen molar-refractivity contribution in [2.45, 2.75) is 33.1 Å². The summed E-state index contributed by atoms with van der Waals surface area (Å²) < 4.78 is 0. The second-order valence-electron chi connectivity index (χ2n) is 3.03. The van der Waals surface area contributed by atoms with Crippen molar-refractivity contribution in [2.24, 2.45) is 5.92 Å². The van der Waals surface area contributed by atoms with Gasteiger partial charge in [0, 0.05) is 0 Å². The van der Waals surface area contributed by atoms with Gasteiger partial charge in [0.2, 0.25) is 0 Å². The molecular formula is C10H16O4. The van der Waals surface area contributed by atoms with Gasteiger partial charge in [0.05, 0.1) is 0 Å². The van der Waals surface area contributed by atoms with Crippen LogP contribution < -0.4 is 0 Å². The summed E-state index contributed by atoms with van der Waals surface area (Å²) in [6, 6.07) is 0. The van der Waals surface area contributed by atoms with Crippen LogP contribution in [0, 0.1) is 5.92 Å². The maximum atomic E-state index is 10.5. The Kier molecular flexibility index (Phi) is 5.60. The molecule has 80 valence electrons. The third-order valence-electron chi connectivity index (χ3n) is 2.15. The van der Waals surface area contributed by atoms with E-state index in [9.17, 15) is 9.59 Å². The minimum absolute atomic E-state index is 0.0711. The second kappa shape index (κ2) is 6.18. The van der Waals surface area contributed by atoms with E-state index in [-0.39, 0.29) is 6.42 Å². The van der Waals surface area contributed by atoms with Crippen LogP contribution in [-0.2, 0) is 9.59 Å². The summed E-state index contributed by atoms with van der Waals surface area (Å²) in [5, 5.41) is 17.2. The van der Waals surface area contributed by atoms with Gasteiger partial charge >= 0.3 is 11.9 Å². The van der Waals surface area contributed by atoms with Crippen molar-refractivity contribution in [3.05, 3.63) is 11.6 Å². The highest BCUT2D eigenvalue weighted by atomic mass is 16.4. The van der Waals surface area contributed by atoms with E-state index in [0.29, 0.717) is 0 Å². The first-order valence-corrected chi connectivity index (χ1v) is 4.66. The molecule has 0 aliphatic rings. The number of carbonyl (C=O) groups is 2. The van der Waals surface area contributed by atoms with Gasteiger partial charge in [-0.15, -0.1) is 0 Å². The lowest BCUT2D eigenvalue weighted by Gasteiger charge is -2.05. The Bertz CT molecular complexity index is 223. The molecule has 0 aliphatic heterocycles. The van der Waals surface area contributed by atoms with Gasteiger partial charge in [-0.2, -0.15) is 0 Å². The number of carboxylic acid groups (broad SMARTS) is 2. The monoisotopic (exact) mass is 200 g/mol. The molecule has 0 rings (SSSR count). The van der Waals surface area contributed by atoms with E-state index in [1.807, 2.05) is 13.8 Å². The van der Waals surface area contributed by atoms with E-state index in [2.05, 4.69) is 0 Å². The SMILES string of the molecule is CCC(=CCC(C(=O)O)C(=O)O)CC. The maximum absolute atomic E-state index is 10.5. The van der Waals surface area contributed by atoms with Crippen molar-refractivity contribution in [1.82, 2.24) is 0 Å². The predicted molar refractivity (Wildman–Crippen MR) is 52.0 cm³/mol. The zero-order chi connectivity index (χ0) is 11.1. The van der Waals surface area contributed by atoms with Crippen LogP contribution in [-0.4, -0.2) is 22.2 Å². The van der Waals surface area contributed by atoms with Gasteiger partial charge in [-0.3, -0.25) is 9.59 Å². The van der Waals surface area contributed by atoms with Crippen LogP contribution in [0.25, 0.3) is 0 Å². The average molecular weight is 200 g/mol. The van der Waals surface area contributed by atoms with Crippen LogP contribution in [0.4, 0.5) is 0 Å². The largest absolute Gasteiger partial charge is 0.481 e. The van der Waals surface area contributed by atoms with Gasteiger partial charge in [-0.05, 0) is 19.3 Å². The second-order valence-corrected chi connectivity index (χ2v) is 3.03. The van der Waals surface area contributed by atoms with Gasteiger partial charge in [0.15, 0.2) is 5.92 Å². The number of hydrogen-bond donors (Lipinski definition) is 2. The third-order valence-corrected chi connectivity index (χ3v) is 2.15. The van der Waals surface area contributed by atoms with E-state index in [0.717, 1.165) is 18.4 Å². The van der Waals surface area contributed by atoms with Gasteiger partial charge in [0.1, 0.15) is 0 Å². The summed E-state index contributed by atoms with van der Waals surface area (Å²) >= 11 is 0. The minimum Gasteiger partial charge on any atom is -0.481 e. The standard InChI is InChI=1S/C10H16O4/c1-3-7(4-2)5-6-8(9(11)12)10(13)14/h5,8H,3-4,6H2,1-2H3,(H,11,12)(H,13,14). The first-order chi connectivity index (χ1) is 6.52. The fourth-order valence-electron chi connectivity index (χ4n) is 1.13. The van der Waals surface area contributed by atoms with E-state index < -0.39 is 17.9 Å². The molecule has 4 heteroatoms. The van der Waals surface area contributed by atoms with Crippen molar-refractivity contribution in [2.75, 3.05) is 0 Å². The molecule has 0 aromatic carbocycles. The fraction of sp³-hybridized carbons (Fsp3) is 0.600. The molecule has 0 unspecified atom stereocenters. The molecule has 0 radical (unpaired) electrons. The Balaban J connectivity index is 4.39. The van der Waals surface area contributed by atoms with Gasteiger partial charge in [-0.1, -0.05) is 25.5 Å². The molecule has 0 aliphatic carbocycles. The van der Waals surface area contributed by atoms with Crippen molar-refractivity contribution in [3.63, 3.8) is 0 Å². The van der Waals surface area contributed by atoms with Gasteiger partial charge in [-0.25, -0.2) is 0 Å². The Labute approximate surface area is 83.2 Å². The number of aliphatic carboxylic acids is 2. The van der Waals surface area contributed by atoms with E-state index in [1.54, 1.807) is 6.08 Å². The highest BCUT2D eigenvalue weighted by Crippen LogP contribution is 2.11. The summed E-state index contributed by atoms with van der Waals surface area (Å²) in [4.78, 5) is 21.0. The van der Waals surface area contributed by atoms with Crippen molar-refractivity contribution in [1.29, 1.82) is 0 Å². The first kappa shape index (κ1) is 12.7. The Morgan fingerprint density at radius 3 is 1.86 bits per heavy atom. The van der Waals surface area contributed by atoms with Crippen LogP contribution in [0.2, 0.25) is 0 Å². The van der Waals surface area contributed by atoms with Crippen molar-refractivity contribution in [3.8, 4) is 0 Å². The Hall–Kier alpha value is -1.32. The smallest absolute Gasteiger partial charge is 0.318 e. The molecule has 0 heterocycles. The number of carboxylic acids is 2. The van der Waals surface area contributed by atoms with Crippen molar-refractivity contribution >= 4 is 11.9 Å². The van der Waals surface area contributed by atoms with Crippen molar-refractivity contribution < 1.29 is 19.8 Å². The Morgan fingerprint density at radius 1 is 1.14 bits per heavy atom. The van der Waals surface area contributed by atoms with Crippen LogP contribution in [0.15, 0.2) is 11.6 Å². The minimum atomic E-state index is -1.32. The topological polar surface area (TPSA) is 74.6 Å². The molecule has 4 nitrogen and oxygen atoms in total. The summed E-state index contributed by atoms with van der Waals surface area (Å²) in [5.41, 5.74) is 1.09. The lowest BCUT2D eigenvalue weighted by Crippen LogP contribution is -2.22. The van der Waals surface area contributed by atoms with Crippen LogP contribution in [0.5, 0.6) is 0 Å². The molecule has 0 spiro atoms. The normalized spacial score (nSPS) is 9.93. The molecule has 0 bridgehead atoms. The summed E-state index contributed by atoms with van der Waals surface area (Å²) in [7, 11) is 0. The van der Waals surface area contributed by atoms with E-state index in [1.165, 1.54) is 0 Å². The van der Waals surface area contributed by atoms with E-state index >= 15 is 0 Å². The number of rotatable bonds is 6. The lowest BCUT2D eigenvalue weighted by atomic mass is 10.0. The number of hydrogen-bond acceptors (Lipinski definition) is 2. The first-order valence-electron chi connectivity index (χ1n) is 4.66. The zero-order valence-electron chi connectivity index (χ0n) is 8.49. The predicted octanol–water partition coefficient (Wildman–Crippen LogP) is 1.91. The van der Waals surface area contributed by atoms with E-state index in [4.69, 9.17) is 10.2 Å². The molecule has 0 aromatic rings. The molecular weight excluding hydrogens is 184 g/mol. The maximum Gasteiger partial charge on any atom is 0.318 e. The summed E-state index contributed by atoms with van der Waals surface area (Å²) in [6.07, 6.45) is 3.46. The highest BCUT2D eigenvalue weighted by molar-refractivity contribution is 5.93. The quantitative estimate of drug-likeness (QED) is 0.507. The van der Waals surface area contributed by atoms with Gasteiger partial charge < -0.3 is 10.2 Å². The molecule has 0 fully saturated rings. The Morgan fingerprint density at radius 2 is 1.57 bits per heavy atom. The van der Waals surface area contributed by atoms with Crippen LogP contribution >= 0.6 is 0 Å². The molecule has 14 heavy (non-hydrogen) atoms. The molecule has 0 atom stereocenters. The molecule has 0 aromatic heterocycles. The molecule has 2 N–H and O–H groups in total. The summed E-state index contributed by atoms with van der Waals surface area (Å²) in [6.45, 7) is 3.93. The third kappa shape index (κ3) is 4.07. The van der Waals surface area contributed by atoms with Gasteiger partial charge in [0.25, 0.3) is 0 Å². The zero-order valence-corrected chi connectivity index (χ0v) is 8.49. The molecule has 0 saturated carbocycles. The molecule has 0 amide bonds. The number of allylic oxidation sites excluding steroid dienone is 2.